The van der Waals surface area contributed by atoms with Gasteiger partial charge in [-0.2, -0.15) is 0 Å². The molecule has 0 aromatic rings. The quantitative estimate of drug-likeness (QED) is 0.427. The zero-order valence-corrected chi connectivity index (χ0v) is 5.31. The van der Waals surface area contributed by atoms with Gasteiger partial charge in [-0.05, 0) is 6.92 Å². The smallest absolute Gasteiger partial charge is 0.239 e. The average molecular weight is 146 g/mol. The maximum Gasteiger partial charge on any atom is 0.239 e. The molecule has 0 bridgehead atoms. The Morgan fingerprint density at radius 3 is 2.30 bits per heavy atom. The van der Waals surface area contributed by atoms with Gasteiger partial charge in [-0.3, -0.25) is 20.2 Å². The van der Waals surface area contributed by atoms with Gasteiger partial charge >= 0.3 is 0 Å². The molecule has 6 heteroatoms. The summed E-state index contributed by atoms with van der Waals surface area (Å²) in [5.74, 6) is 0. The van der Waals surface area contributed by atoms with E-state index in [4.69, 9.17) is 0 Å². The normalized spacial score (nSPS) is 11.1. The van der Waals surface area contributed by atoms with Crippen molar-refractivity contribution in [3.05, 3.63) is 32.0 Å². The highest BCUT2D eigenvalue weighted by Crippen LogP contribution is 1.91. The van der Waals surface area contributed by atoms with Crippen LogP contribution in [0, 0.1) is 20.2 Å². The molecule has 0 saturated heterocycles. The molecule has 0 aliphatic heterocycles. The minimum atomic E-state index is -0.709. The Morgan fingerprint density at radius 1 is 1.50 bits per heavy atom. The summed E-state index contributed by atoms with van der Waals surface area (Å²) in [7, 11) is 0. The molecule has 0 heterocycles. The second-order valence-electron chi connectivity index (χ2n) is 1.75. The summed E-state index contributed by atoms with van der Waals surface area (Å²) in [4.78, 5) is 18.1. The first-order chi connectivity index (χ1) is 4.52. The molecule has 0 aromatic heterocycles. The average Bonchev–Trinajstić information content (AvgIpc) is 1.58. The Hall–Kier alpha value is -1.46. The van der Waals surface area contributed by atoms with Crippen molar-refractivity contribution < 1.29 is 9.85 Å². The second kappa shape index (κ2) is 3.54. The molecule has 0 spiro atoms. The standard InChI is InChI=1S/C4H6N2O4/c1-4(2-5(7)8)3-6(9)10/h2H,3H2,1H3/b4-2-. The summed E-state index contributed by atoms with van der Waals surface area (Å²) < 4.78 is 0. The Morgan fingerprint density at radius 2 is 2.00 bits per heavy atom. The first kappa shape index (κ1) is 8.54. The zero-order valence-electron chi connectivity index (χ0n) is 5.31. The Bertz CT molecular complexity index is 186. The third kappa shape index (κ3) is 4.69. The highest BCUT2D eigenvalue weighted by molar-refractivity contribution is 4.91. The van der Waals surface area contributed by atoms with Gasteiger partial charge in [0.2, 0.25) is 12.7 Å². The summed E-state index contributed by atoms with van der Waals surface area (Å²) >= 11 is 0. The van der Waals surface area contributed by atoms with Gasteiger partial charge in [-0.1, -0.05) is 0 Å². The fourth-order valence-corrected chi connectivity index (χ4v) is 0.424. The van der Waals surface area contributed by atoms with Gasteiger partial charge in [0.25, 0.3) is 0 Å². The molecule has 0 radical (unpaired) electrons. The van der Waals surface area contributed by atoms with E-state index in [1.165, 1.54) is 6.92 Å². The molecule has 0 atom stereocenters. The minimum absolute atomic E-state index is 0.134. The molecule has 0 N–H and O–H groups in total. The largest absolute Gasteiger partial charge is 0.264 e. The summed E-state index contributed by atoms with van der Waals surface area (Å²) in [6.07, 6.45) is 0.628. The van der Waals surface area contributed by atoms with Crippen LogP contribution < -0.4 is 0 Å². The summed E-state index contributed by atoms with van der Waals surface area (Å²) in [5, 5.41) is 19.4. The van der Waals surface area contributed by atoms with Crippen LogP contribution in [0.4, 0.5) is 0 Å². The van der Waals surface area contributed by atoms with E-state index >= 15 is 0 Å². The molecule has 0 unspecified atom stereocenters. The molecule has 10 heavy (non-hydrogen) atoms. The highest BCUT2D eigenvalue weighted by Gasteiger charge is 2.02. The van der Waals surface area contributed by atoms with Crippen LogP contribution in [0.2, 0.25) is 0 Å². The molecule has 0 rings (SSSR count). The van der Waals surface area contributed by atoms with Gasteiger partial charge in [0.1, 0.15) is 0 Å². The van der Waals surface area contributed by atoms with Crippen molar-refractivity contribution in [2.45, 2.75) is 6.92 Å². The molecule has 56 valence electrons. The van der Waals surface area contributed by atoms with Gasteiger partial charge in [0.05, 0.1) is 10.5 Å². The van der Waals surface area contributed by atoms with E-state index < -0.39 is 16.4 Å². The number of nitro groups is 2. The van der Waals surface area contributed by atoms with Crippen LogP contribution in [-0.4, -0.2) is 16.4 Å². The molecule has 0 saturated carbocycles. The fourth-order valence-electron chi connectivity index (χ4n) is 0.424. The van der Waals surface area contributed by atoms with Crippen LogP contribution in [0.1, 0.15) is 6.92 Å². The van der Waals surface area contributed by atoms with E-state index in [0.717, 1.165) is 0 Å². The van der Waals surface area contributed by atoms with E-state index in [-0.39, 0.29) is 5.57 Å². The SMILES string of the molecule is C/C(=C/[N+](=O)[O-])C[N+](=O)[O-]. The van der Waals surface area contributed by atoms with Crippen molar-refractivity contribution in [1.29, 1.82) is 0 Å². The maximum atomic E-state index is 9.73. The zero-order chi connectivity index (χ0) is 8.15. The molecule has 6 nitrogen and oxygen atoms in total. The van der Waals surface area contributed by atoms with Gasteiger partial charge in [0.15, 0.2) is 0 Å². The first-order valence-corrected chi connectivity index (χ1v) is 2.45. The maximum absolute atomic E-state index is 9.73. The Kier molecular flexibility index (Phi) is 3.03. The molecule has 0 fully saturated rings. The minimum Gasteiger partial charge on any atom is -0.264 e. The lowest BCUT2D eigenvalue weighted by atomic mass is 10.3. The van der Waals surface area contributed by atoms with Crippen molar-refractivity contribution in [3.8, 4) is 0 Å². The topological polar surface area (TPSA) is 86.3 Å². The molecule has 0 aromatic carbocycles. The number of hydrogen-bond acceptors (Lipinski definition) is 4. The third-order valence-corrected chi connectivity index (χ3v) is 0.704. The van der Waals surface area contributed by atoms with Crippen molar-refractivity contribution >= 4 is 0 Å². The third-order valence-electron chi connectivity index (χ3n) is 0.704. The van der Waals surface area contributed by atoms with Crippen LogP contribution >= 0.6 is 0 Å². The van der Waals surface area contributed by atoms with E-state index in [9.17, 15) is 20.2 Å². The molecule has 0 aliphatic rings. The van der Waals surface area contributed by atoms with Crippen LogP contribution in [0.15, 0.2) is 11.8 Å². The monoisotopic (exact) mass is 146 g/mol. The fraction of sp³-hybridized carbons (Fsp3) is 0.500. The van der Waals surface area contributed by atoms with E-state index in [0.29, 0.717) is 6.20 Å². The van der Waals surface area contributed by atoms with E-state index in [2.05, 4.69) is 0 Å². The van der Waals surface area contributed by atoms with Crippen molar-refractivity contribution in [1.82, 2.24) is 0 Å². The second-order valence-corrected chi connectivity index (χ2v) is 1.75. The van der Waals surface area contributed by atoms with Gasteiger partial charge in [-0.25, -0.2) is 0 Å². The van der Waals surface area contributed by atoms with Gasteiger partial charge in [-0.15, -0.1) is 0 Å². The molecular weight excluding hydrogens is 140 g/mol. The Labute approximate surface area is 56.5 Å². The lowest BCUT2D eigenvalue weighted by molar-refractivity contribution is -0.473. The molecular formula is C4H6N2O4. The lowest BCUT2D eigenvalue weighted by Gasteiger charge is -1.87. The van der Waals surface area contributed by atoms with Gasteiger partial charge in [0, 0.05) is 4.92 Å². The van der Waals surface area contributed by atoms with E-state index in [1.54, 1.807) is 0 Å². The molecule has 0 aliphatic carbocycles. The van der Waals surface area contributed by atoms with Crippen molar-refractivity contribution in [3.63, 3.8) is 0 Å². The summed E-state index contributed by atoms with van der Waals surface area (Å²) in [6.45, 7) is 0.868. The number of hydrogen-bond donors (Lipinski definition) is 0. The van der Waals surface area contributed by atoms with E-state index in [1.807, 2.05) is 0 Å². The Balaban J connectivity index is 3.95. The first-order valence-electron chi connectivity index (χ1n) is 2.45. The van der Waals surface area contributed by atoms with Crippen molar-refractivity contribution in [2.75, 3.05) is 6.54 Å². The van der Waals surface area contributed by atoms with Crippen molar-refractivity contribution in [2.24, 2.45) is 0 Å². The van der Waals surface area contributed by atoms with Crippen LogP contribution in [0.3, 0.4) is 0 Å². The summed E-state index contributed by atoms with van der Waals surface area (Å²) in [5.41, 5.74) is 0.134. The van der Waals surface area contributed by atoms with Gasteiger partial charge < -0.3 is 0 Å². The molecule has 0 amide bonds. The lowest BCUT2D eigenvalue weighted by Crippen LogP contribution is -2.03. The predicted molar refractivity (Wildman–Crippen MR) is 32.6 cm³/mol. The highest BCUT2D eigenvalue weighted by atomic mass is 16.6. The van der Waals surface area contributed by atoms with Crippen LogP contribution in [0.5, 0.6) is 0 Å². The number of nitrogens with zero attached hydrogens (tertiary/aromatic N) is 2. The van der Waals surface area contributed by atoms with Crippen LogP contribution in [0.25, 0.3) is 0 Å². The summed E-state index contributed by atoms with van der Waals surface area (Å²) in [6, 6.07) is 0. The predicted octanol–water partition coefficient (Wildman–Crippen LogP) is 0.444. The van der Waals surface area contributed by atoms with Crippen LogP contribution in [-0.2, 0) is 0 Å². The number of rotatable bonds is 3.